The smallest absolute Gasteiger partial charge is 0.325 e. The molecule has 0 aromatic heterocycles. The summed E-state index contributed by atoms with van der Waals surface area (Å²) >= 11 is 1.72. The number of amides is 4. The number of nitrogens with one attached hydrogen (secondary N) is 1. The second-order valence-corrected chi connectivity index (χ2v) is 8.67. The van der Waals surface area contributed by atoms with Crippen molar-refractivity contribution in [1.82, 2.24) is 10.2 Å². The van der Waals surface area contributed by atoms with Gasteiger partial charge in [-0.2, -0.15) is 0 Å². The second kappa shape index (κ2) is 7.36. The van der Waals surface area contributed by atoms with Gasteiger partial charge in [-0.1, -0.05) is 30.3 Å². The Bertz CT molecular complexity index is 1040. The van der Waals surface area contributed by atoms with Crippen LogP contribution in [0.4, 0.5) is 10.5 Å². The Labute approximate surface area is 178 Å². The predicted molar refractivity (Wildman–Crippen MR) is 113 cm³/mol. The number of fused-ring (bicyclic) bond motifs is 3. The molecule has 1 saturated heterocycles. The number of hydrogen-bond donors (Lipinski definition) is 1. The van der Waals surface area contributed by atoms with Gasteiger partial charge < -0.3 is 15.0 Å². The summed E-state index contributed by atoms with van der Waals surface area (Å²) in [5.74, 6) is 0.855. The van der Waals surface area contributed by atoms with Gasteiger partial charge in [-0.3, -0.25) is 14.5 Å². The quantitative estimate of drug-likeness (QED) is 0.752. The molecule has 0 bridgehead atoms. The second-order valence-electron chi connectivity index (χ2n) is 7.54. The van der Waals surface area contributed by atoms with E-state index in [9.17, 15) is 14.4 Å². The molecule has 3 heterocycles. The minimum absolute atomic E-state index is 0.258. The van der Waals surface area contributed by atoms with Gasteiger partial charge in [0.1, 0.15) is 12.3 Å². The number of carbonyl (C=O) groups excluding carboxylic acids is 3. The Morgan fingerprint density at radius 1 is 1.13 bits per heavy atom. The summed E-state index contributed by atoms with van der Waals surface area (Å²) in [5, 5.41) is 2.85. The fourth-order valence-corrected chi connectivity index (χ4v) is 5.32. The van der Waals surface area contributed by atoms with Crippen LogP contribution in [-0.2, 0) is 15.1 Å². The summed E-state index contributed by atoms with van der Waals surface area (Å²) in [5.41, 5.74) is 0.308. The van der Waals surface area contributed by atoms with E-state index in [2.05, 4.69) is 5.32 Å². The molecular formula is C22H21N3O4S. The van der Waals surface area contributed by atoms with Crippen molar-refractivity contribution in [1.29, 1.82) is 0 Å². The van der Waals surface area contributed by atoms with Crippen LogP contribution < -0.4 is 15.0 Å². The van der Waals surface area contributed by atoms with Gasteiger partial charge in [0, 0.05) is 23.4 Å². The summed E-state index contributed by atoms with van der Waals surface area (Å²) in [6, 6.07) is 14.4. The molecule has 1 unspecified atom stereocenters. The van der Waals surface area contributed by atoms with E-state index in [0.29, 0.717) is 30.9 Å². The summed E-state index contributed by atoms with van der Waals surface area (Å²) in [6.07, 6.45) is 1.18. The van der Waals surface area contributed by atoms with Crippen molar-refractivity contribution in [3.8, 4) is 5.75 Å². The third-order valence-electron chi connectivity index (χ3n) is 5.79. The van der Waals surface area contributed by atoms with Gasteiger partial charge in [-0.25, -0.2) is 4.79 Å². The number of thioether (sulfide) groups is 1. The Hall–Kier alpha value is -3.00. The van der Waals surface area contributed by atoms with Gasteiger partial charge in [-0.15, -0.1) is 11.8 Å². The van der Waals surface area contributed by atoms with Crippen LogP contribution in [0.15, 0.2) is 53.4 Å². The number of benzene rings is 2. The minimum Gasteiger partial charge on any atom is -0.493 e. The lowest BCUT2D eigenvalue weighted by molar-refractivity contribution is -0.135. The average molecular weight is 423 g/mol. The van der Waals surface area contributed by atoms with Crippen molar-refractivity contribution in [3.05, 3.63) is 54.1 Å². The van der Waals surface area contributed by atoms with Crippen molar-refractivity contribution in [2.75, 3.05) is 30.3 Å². The van der Waals surface area contributed by atoms with Crippen LogP contribution in [0.5, 0.6) is 5.75 Å². The van der Waals surface area contributed by atoms with Crippen LogP contribution in [0.1, 0.15) is 18.4 Å². The molecule has 1 N–H and O–H groups in total. The molecule has 1 fully saturated rings. The average Bonchev–Trinajstić information content (AvgIpc) is 2.91. The SMILES string of the molecule is O=C1NC2(CCOc3ccccc32)C(=O)N1CC(=O)N1CCCSc2ccccc21. The normalized spacial score (nSPS) is 22.8. The highest BCUT2D eigenvalue weighted by Crippen LogP contribution is 2.41. The summed E-state index contributed by atoms with van der Waals surface area (Å²) in [6.45, 7) is 0.601. The van der Waals surface area contributed by atoms with Crippen molar-refractivity contribution < 1.29 is 19.1 Å². The van der Waals surface area contributed by atoms with Crippen LogP contribution in [0.25, 0.3) is 0 Å². The first-order valence-electron chi connectivity index (χ1n) is 9.99. The van der Waals surface area contributed by atoms with Crippen LogP contribution in [0.3, 0.4) is 0 Å². The summed E-state index contributed by atoms with van der Waals surface area (Å²) in [7, 11) is 0. The number of imide groups is 1. The van der Waals surface area contributed by atoms with Crippen LogP contribution >= 0.6 is 11.8 Å². The molecule has 3 aliphatic rings. The van der Waals surface area contributed by atoms with Crippen molar-refractivity contribution >= 4 is 35.3 Å². The van der Waals surface area contributed by atoms with Crippen molar-refractivity contribution in [2.24, 2.45) is 0 Å². The molecular weight excluding hydrogens is 402 g/mol. The lowest BCUT2D eigenvalue weighted by atomic mass is 9.84. The lowest BCUT2D eigenvalue weighted by Gasteiger charge is -2.33. The maximum Gasteiger partial charge on any atom is 0.325 e. The fraction of sp³-hybridized carbons (Fsp3) is 0.318. The van der Waals surface area contributed by atoms with E-state index in [1.807, 2.05) is 36.4 Å². The molecule has 0 saturated carbocycles. The maximum absolute atomic E-state index is 13.4. The van der Waals surface area contributed by atoms with Crippen molar-refractivity contribution in [2.45, 2.75) is 23.3 Å². The van der Waals surface area contributed by atoms with Crippen LogP contribution in [-0.4, -0.2) is 48.2 Å². The third kappa shape index (κ3) is 2.94. The number of ether oxygens (including phenoxy) is 1. The Morgan fingerprint density at radius 3 is 2.83 bits per heavy atom. The number of para-hydroxylation sites is 2. The monoisotopic (exact) mass is 423 g/mol. The van der Waals surface area contributed by atoms with E-state index >= 15 is 0 Å². The molecule has 30 heavy (non-hydrogen) atoms. The first kappa shape index (κ1) is 19.0. The molecule has 2 aromatic rings. The molecule has 2 aromatic carbocycles. The molecule has 7 nitrogen and oxygen atoms in total. The van der Waals surface area contributed by atoms with Gasteiger partial charge in [0.15, 0.2) is 5.54 Å². The molecule has 1 spiro atoms. The van der Waals surface area contributed by atoms with Gasteiger partial charge in [0.2, 0.25) is 5.91 Å². The topological polar surface area (TPSA) is 79.0 Å². The number of rotatable bonds is 2. The van der Waals surface area contributed by atoms with E-state index in [1.54, 1.807) is 28.8 Å². The molecule has 4 amide bonds. The number of urea groups is 1. The van der Waals surface area contributed by atoms with E-state index in [4.69, 9.17) is 4.74 Å². The molecule has 0 radical (unpaired) electrons. The predicted octanol–water partition coefficient (Wildman–Crippen LogP) is 2.75. The highest BCUT2D eigenvalue weighted by molar-refractivity contribution is 7.99. The zero-order chi connectivity index (χ0) is 20.7. The zero-order valence-electron chi connectivity index (χ0n) is 16.3. The number of nitrogens with zero attached hydrogens (tertiary/aromatic N) is 2. The first-order chi connectivity index (χ1) is 14.6. The summed E-state index contributed by atoms with van der Waals surface area (Å²) < 4.78 is 5.66. The highest BCUT2D eigenvalue weighted by Gasteiger charge is 2.55. The first-order valence-corrected chi connectivity index (χ1v) is 11.0. The van der Waals surface area contributed by atoms with Crippen LogP contribution in [0.2, 0.25) is 0 Å². The molecule has 8 heteroatoms. The minimum atomic E-state index is -1.17. The highest BCUT2D eigenvalue weighted by atomic mass is 32.2. The van der Waals surface area contributed by atoms with Gasteiger partial charge in [-0.05, 0) is 30.4 Å². The maximum atomic E-state index is 13.4. The Morgan fingerprint density at radius 2 is 1.93 bits per heavy atom. The number of hydrogen-bond acceptors (Lipinski definition) is 5. The molecule has 0 aliphatic carbocycles. The summed E-state index contributed by atoms with van der Waals surface area (Å²) in [4.78, 5) is 43.2. The van der Waals surface area contributed by atoms with E-state index < -0.39 is 17.5 Å². The molecule has 1 atom stereocenters. The van der Waals surface area contributed by atoms with E-state index in [1.165, 1.54) is 0 Å². The lowest BCUT2D eigenvalue weighted by Crippen LogP contribution is -2.48. The number of anilines is 1. The fourth-order valence-electron chi connectivity index (χ4n) is 4.32. The Balaban J connectivity index is 1.42. The largest absolute Gasteiger partial charge is 0.493 e. The zero-order valence-corrected chi connectivity index (χ0v) is 17.1. The van der Waals surface area contributed by atoms with E-state index in [0.717, 1.165) is 27.7 Å². The molecule has 154 valence electrons. The standard InChI is InChI=1S/C22H21N3O4S/c26-19(24-11-5-13-30-18-9-4-2-7-16(18)24)14-25-20(27)22(23-21(25)28)10-12-29-17-8-3-1-6-15(17)22/h1-4,6-9H,5,10-14H2,(H,23,28). The van der Waals surface area contributed by atoms with Gasteiger partial charge in [0.25, 0.3) is 5.91 Å². The number of carbonyl (C=O) groups is 3. The third-order valence-corrected chi connectivity index (χ3v) is 6.94. The Kier molecular flexibility index (Phi) is 4.66. The van der Waals surface area contributed by atoms with Crippen molar-refractivity contribution in [3.63, 3.8) is 0 Å². The van der Waals surface area contributed by atoms with Gasteiger partial charge >= 0.3 is 6.03 Å². The van der Waals surface area contributed by atoms with Crippen LogP contribution in [0, 0.1) is 0 Å². The molecule has 5 rings (SSSR count). The van der Waals surface area contributed by atoms with E-state index in [-0.39, 0.29) is 12.5 Å². The van der Waals surface area contributed by atoms with Gasteiger partial charge in [0.05, 0.1) is 12.3 Å². The molecule has 3 aliphatic heterocycles.